The quantitative estimate of drug-likeness (QED) is 0.518. The molecule has 0 aromatic carbocycles. The molecular weight excluding hydrogens is 134 g/mol. The van der Waals surface area contributed by atoms with Gasteiger partial charge in [-0.15, -0.1) is 0 Å². The molecule has 0 unspecified atom stereocenters. The van der Waals surface area contributed by atoms with Crippen LogP contribution in [0.4, 0.5) is 0 Å². The molecule has 1 aliphatic heterocycles. The molecule has 52 valence electrons. The Labute approximate surface area is 59.7 Å². The van der Waals surface area contributed by atoms with Gasteiger partial charge in [-0.1, -0.05) is 6.92 Å². The molecule has 0 saturated carbocycles. The van der Waals surface area contributed by atoms with Crippen molar-refractivity contribution in [2.45, 2.75) is 19.8 Å². The molecule has 0 spiro atoms. The molecule has 0 radical (unpaired) electrons. The van der Waals surface area contributed by atoms with Crippen LogP contribution in [-0.4, -0.2) is 22.5 Å². The van der Waals surface area contributed by atoms with E-state index in [4.69, 9.17) is 0 Å². The minimum atomic E-state index is 0.275. The van der Waals surface area contributed by atoms with Gasteiger partial charge in [-0.05, 0) is 18.4 Å². The van der Waals surface area contributed by atoms with Crippen molar-refractivity contribution in [1.82, 2.24) is 4.31 Å². The van der Waals surface area contributed by atoms with Gasteiger partial charge in [0.25, 0.3) is 0 Å². The topological polar surface area (TPSA) is 20.3 Å². The first-order valence-electron chi connectivity index (χ1n) is 3.28. The Morgan fingerprint density at radius 3 is 3.00 bits per heavy atom. The van der Waals surface area contributed by atoms with Crippen molar-refractivity contribution in [1.29, 1.82) is 0 Å². The van der Waals surface area contributed by atoms with E-state index in [0.29, 0.717) is 6.42 Å². The minimum Gasteiger partial charge on any atom is -0.286 e. The fraction of sp³-hybridized carbons (Fsp3) is 0.833. The van der Waals surface area contributed by atoms with Gasteiger partial charge >= 0.3 is 0 Å². The Balaban J connectivity index is 2.32. The molecule has 3 heteroatoms. The van der Waals surface area contributed by atoms with Crippen LogP contribution in [0.25, 0.3) is 0 Å². The van der Waals surface area contributed by atoms with E-state index in [1.54, 1.807) is 11.9 Å². The van der Waals surface area contributed by atoms with E-state index >= 15 is 0 Å². The van der Waals surface area contributed by atoms with Gasteiger partial charge in [0.05, 0.1) is 0 Å². The molecule has 0 aliphatic carbocycles. The summed E-state index contributed by atoms with van der Waals surface area (Å²) in [5, 5.41) is 0. The van der Waals surface area contributed by atoms with Gasteiger partial charge in [-0.25, -0.2) is 0 Å². The Morgan fingerprint density at radius 2 is 2.56 bits per heavy atom. The molecular formula is C6H11NOS. The molecule has 1 amide bonds. The van der Waals surface area contributed by atoms with Gasteiger partial charge in [0.15, 0.2) is 0 Å². The maximum Gasteiger partial charge on any atom is 0.232 e. The molecule has 1 fully saturated rings. The van der Waals surface area contributed by atoms with Crippen LogP contribution in [0, 0.1) is 0 Å². The normalized spacial score (nSPS) is 18.6. The van der Waals surface area contributed by atoms with Crippen molar-refractivity contribution >= 4 is 17.9 Å². The maximum atomic E-state index is 10.9. The first kappa shape index (κ1) is 6.93. The van der Waals surface area contributed by atoms with Gasteiger partial charge in [0, 0.05) is 18.7 Å². The Morgan fingerprint density at radius 1 is 1.78 bits per heavy atom. The molecule has 9 heavy (non-hydrogen) atoms. The first-order chi connectivity index (χ1) is 4.34. The summed E-state index contributed by atoms with van der Waals surface area (Å²) < 4.78 is 1.86. The van der Waals surface area contributed by atoms with Crippen LogP contribution in [0.2, 0.25) is 0 Å². The fourth-order valence-electron chi connectivity index (χ4n) is 0.820. The third-order valence-corrected chi connectivity index (χ3v) is 2.50. The standard InChI is InChI=1S/C6H11NOS/c1-2-6(8)7-4-3-5-9-7/h2-5H2,1H3. The summed E-state index contributed by atoms with van der Waals surface area (Å²) in [7, 11) is 0. The van der Waals surface area contributed by atoms with E-state index in [1.165, 1.54) is 0 Å². The lowest BCUT2D eigenvalue weighted by Gasteiger charge is -2.10. The highest BCUT2D eigenvalue weighted by molar-refractivity contribution is 7.97. The largest absolute Gasteiger partial charge is 0.286 e. The zero-order chi connectivity index (χ0) is 6.69. The second kappa shape index (κ2) is 3.11. The second-order valence-corrected chi connectivity index (χ2v) is 3.14. The minimum absolute atomic E-state index is 0.275. The number of hydrogen-bond acceptors (Lipinski definition) is 2. The Hall–Kier alpha value is -0.180. The Kier molecular flexibility index (Phi) is 2.39. The molecule has 1 heterocycles. The predicted octanol–water partition coefficient (Wildman–Crippen LogP) is 1.28. The lowest BCUT2D eigenvalue weighted by atomic mass is 10.4. The first-order valence-corrected chi connectivity index (χ1v) is 4.22. The molecule has 1 rings (SSSR count). The molecule has 2 nitrogen and oxygen atoms in total. The summed E-state index contributed by atoms with van der Waals surface area (Å²) in [5.74, 6) is 1.39. The number of carbonyl (C=O) groups excluding carboxylic acids is 1. The van der Waals surface area contributed by atoms with E-state index in [1.807, 2.05) is 11.2 Å². The van der Waals surface area contributed by atoms with Crippen molar-refractivity contribution < 1.29 is 4.79 Å². The predicted molar refractivity (Wildman–Crippen MR) is 39.1 cm³/mol. The molecule has 0 atom stereocenters. The molecule has 0 N–H and O–H groups in total. The van der Waals surface area contributed by atoms with E-state index in [0.717, 1.165) is 18.7 Å². The van der Waals surface area contributed by atoms with Gasteiger partial charge < -0.3 is 0 Å². The molecule has 0 bridgehead atoms. The monoisotopic (exact) mass is 145 g/mol. The third-order valence-electron chi connectivity index (χ3n) is 1.33. The number of carbonyl (C=O) groups is 1. The van der Waals surface area contributed by atoms with Crippen molar-refractivity contribution in [3.8, 4) is 0 Å². The van der Waals surface area contributed by atoms with Crippen molar-refractivity contribution in [3.63, 3.8) is 0 Å². The number of rotatable bonds is 1. The van der Waals surface area contributed by atoms with Crippen LogP contribution in [0.1, 0.15) is 19.8 Å². The van der Waals surface area contributed by atoms with E-state index in [2.05, 4.69) is 0 Å². The van der Waals surface area contributed by atoms with E-state index in [9.17, 15) is 4.79 Å². The zero-order valence-electron chi connectivity index (χ0n) is 5.59. The summed E-state index contributed by atoms with van der Waals surface area (Å²) >= 11 is 1.66. The van der Waals surface area contributed by atoms with Crippen LogP contribution < -0.4 is 0 Å². The maximum absolute atomic E-state index is 10.9. The smallest absolute Gasteiger partial charge is 0.232 e. The molecule has 1 aliphatic rings. The van der Waals surface area contributed by atoms with Crippen molar-refractivity contribution in [2.75, 3.05) is 12.3 Å². The van der Waals surface area contributed by atoms with Crippen LogP contribution in [-0.2, 0) is 4.79 Å². The molecule has 0 aromatic rings. The second-order valence-electron chi connectivity index (χ2n) is 2.04. The highest BCUT2D eigenvalue weighted by Crippen LogP contribution is 2.20. The fourth-order valence-corrected chi connectivity index (χ4v) is 1.83. The summed E-state index contributed by atoms with van der Waals surface area (Å²) in [4.78, 5) is 10.9. The van der Waals surface area contributed by atoms with Gasteiger partial charge in [-0.3, -0.25) is 9.10 Å². The van der Waals surface area contributed by atoms with Crippen LogP contribution in [0.3, 0.4) is 0 Å². The van der Waals surface area contributed by atoms with Gasteiger partial charge in [0.1, 0.15) is 0 Å². The average Bonchev–Trinajstić information content (AvgIpc) is 2.37. The summed E-state index contributed by atoms with van der Waals surface area (Å²) in [6, 6.07) is 0. The van der Waals surface area contributed by atoms with Crippen LogP contribution in [0.5, 0.6) is 0 Å². The number of amides is 1. The van der Waals surface area contributed by atoms with Gasteiger partial charge in [-0.2, -0.15) is 0 Å². The van der Waals surface area contributed by atoms with Crippen molar-refractivity contribution in [2.24, 2.45) is 0 Å². The van der Waals surface area contributed by atoms with E-state index < -0.39 is 0 Å². The van der Waals surface area contributed by atoms with E-state index in [-0.39, 0.29) is 5.91 Å². The summed E-state index contributed by atoms with van der Waals surface area (Å²) in [6.45, 7) is 2.86. The Bertz CT molecular complexity index is 110. The molecule has 1 saturated heterocycles. The highest BCUT2D eigenvalue weighted by Gasteiger charge is 2.16. The highest BCUT2D eigenvalue weighted by atomic mass is 32.2. The van der Waals surface area contributed by atoms with Crippen molar-refractivity contribution in [3.05, 3.63) is 0 Å². The third kappa shape index (κ3) is 1.61. The summed E-state index contributed by atoms with van der Waals surface area (Å²) in [6.07, 6.45) is 1.81. The average molecular weight is 145 g/mol. The zero-order valence-corrected chi connectivity index (χ0v) is 6.41. The molecule has 0 aromatic heterocycles. The summed E-state index contributed by atoms with van der Waals surface area (Å²) in [5.41, 5.74) is 0. The number of nitrogens with zero attached hydrogens (tertiary/aromatic N) is 1. The lowest BCUT2D eigenvalue weighted by molar-refractivity contribution is -0.125. The van der Waals surface area contributed by atoms with Crippen LogP contribution >= 0.6 is 11.9 Å². The lowest BCUT2D eigenvalue weighted by Crippen LogP contribution is -2.19. The SMILES string of the molecule is CCC(=O)N1CCCS1. The van der Waals surface area contributed by atoms with Gasteiger partial charge in [0.2, 0.25) is 5.91 Å². The number of hydrogen-bond donors (Lipinski definition) is 0. The van der Waals surface area contributed by atoms with Crippen LogP contribution in [0.15, 0.2) is 0 Å².